The quantitative estimate of drug-likeness (QED) is 0.194. The van der Waals surface area contributed by atoms with Gasteiger partial charge in [-0.1, -0.05) is 17.7 Å². The standard InChI is InChI=1S/C22H24N4O8S2/c1-11-5-7-14(8-6-11)36(29,30)34-17-15(9-31-12(2)27)33-19(18(17)32-13(3)28)21-25-16-20(26-21)23-10-24-22(16)35-4/h5-8,10,15,17-19H,9H2,1-4H3,(H,23,24,25,26)/t15-,17+,18-,19-/m1/s1. The van der Waals surface area contributed by atoms with Crippen molar-refractivity contribution < 1.29 is 36.4 Å². The fourth-order valence-corrected chi connectivity index (χ4v) is 5.34. The van der Waals surface area contributed by atoms with Crippen molar-refractivity contribution in [1.82, 2.24) is 19.9 Å². The number of aromatic amines is 1. The number of hydrogen-bond donors (Lipinski definition) is 1. The number of nitrogens with zero attached hydrogens (tertiary/aromatic N) is 3. The summed E-state index contributed by atoms with van der Waals surface area (Å²) in [5.41, 5.74) is 1.75. The molecule has 0 spiro atoms. The van der Waals surface area contributed by atoms with E-state index in [1.807, 2.05) is 13.2 Å². The highest BCUT2D eigenvalue weighted by atomic mass is 32.2. The van der Waals surface area contributed by atoms with Gasteiger partial charge in [-0.2, -0.15) is 8.42 Å². The number of aromatic nitrogens is 4. The van der Waals surface area contributed by atoms with Crippen LogP contribution in [-0.4, -0.2) is 71.5 Å². The Morgan fingerprint density at radius 2 is 1.83 bits per heavy atom. The molecule has 4 atom stereocenters. The lowest BCUT2D eigenvalue weighted by molar-refractivity contribution is -0.152. The van der Waals surface area contributed by atoms with Gasteiger partial charge in [-0.3, -0.25) is 13.8 Å². The number of rotatable bonds is 8. The number of benzene rings is 1. The van der Waals surface area contributed by atoms with Crippen molar-refractivity contribution in [1.29, 1.82) is 0 Å². The van der Waals surface area contributed by atoms with Crippen LogP contribution >= 0.6 is 11.8 Å². The molecule has 36 heavy (non-hydrogen) atoms. The van der Waals surface area contributed by atoms with Gasteiger partial charge < -0.3 is 19.2 Å². The average molecular weight is 537 g/mol. The van der Waals surface area contributed by atoms with E-state index < -0.39 is 46.5 Å². The number of hydrogen-bond acceptors (Lipinski definition) is 12. The SMILES string of the molecule is CSc1ncnc2nc([C@@H]3O[C@H](COC(C)=O)[C@H](OS(=O)(=O)c4ccc(C)cc4)[C@H]3OC(C)=O)[nH]c12. The van der Waals surface area contributed by atoms with E-state index >= 15 is 0 Å². The molecule has 0 radical (unpaired) electrons. The molecule has 192 valence electrons. The van der Waals surface area contributed by atoms with E-state index in [0.29, 0.717) is 16.2 Å². The first kappa shape index (κ1) is 26.0. The number of H-pyrrole nitrogens is 1. The smallest absolute Gasteiger partial charge is 0.303 e. The van der Waals surface area contributed by atoms with Gasteiger partial charge in [-0.05, 0) is 25.3 Å². The fourth-order valence-electron chi connectivity index (χ4n) is 3.74. The van der Waals surface area contributed by atoms with Gasteiger partial charge in [-0.25, -0.2) is 15.0 Å². The Bertz CT molecular complexity index is 1380. The predicted molar refractivity (Wildman–Crippen MR) is 127 cm³/mol. The minimum atomic E-state index is -4.31. The third-order valence-electron chi connectivity index (χ3n) is 5.35. The van der Waals surface area contributed by atoms with Gasteiger partial charge in [-0.15, -0.1) is 11.8 Å². The van der Waals surface area contributed by atoms with Gasteiger partial charge in [0.25, 0.3) is 10.1 Å². The molecule has 3 heterocycles. The molecule has 14 heteroatoms. The maximum Gasteiger partial charge on any atom is 0.303 e. The number of thioether (sulfide) groups is 1. The molecule has 0 aliphatic carbocycles. The Kier molecular flexibility index (Phi) is 7.59. The van der Waals surface area contributed by atoms with Crippen LogP contribution in [0.3, 0.4) is 0 Å². The highest BCUT2D eigenvalue weighted by molar-refractivity contribution is 7.98. The molecule has 0 amide bonds. The predicted octanol–water partition coefficient (Wildman–Crippen LogP) is 2.09. The molecule has 2 aromatic heterocycles. The van der Waals surface area contributed by atoms with Gasteiger partial charge in [0.1, 0.15) is 41.5 Å². The Morgan fingerprint density at radius 3 is 2.47 bits per heavy atom. The fraction of sp³-hybridized carbons (Fsp3) is 0.409. The molecule has 0 unspecified atom stereocenters. The van der Waals surface area contributed by atoms with Crippen LogP contribution in [-0.2, 0) is 38.1 Å². The van der Waals surface area contributed by atoms with Gasteiger partial charge >= 0.3 is 11.9 Å². The summed E-state index contributed by atoms with van der Waals surface area (Å²) in [6, 6.07) is 6.06. The molecule has 1 aliphatic heterocycles. The highest BCUT2D eigenvalue weighted by Gasteiger charge is 2.52. The van der Waals surface area contributed by atoms with E-state index in [4.69, 9.17) is 18.4 Å². The van der Waals surface area contributed by atoms with E-state index in [9.17, 15) is 18.0 Å². The van der Waals surface area contributed by atoms with Crippen LogP contribution in [0.15, 0.2) is 40.5 Å². The lowest BCUT2D eigenvalue weighted by Gasteiger charge is -2.23. The summed E-state index contributed by atoms with van der Waals surface area (Å²) >= 11 is 1.37. The molecular formula is C22H24N4O8S2. The molecule has 1 N–H and O–H groups in total. The second kappa shape index (κ2) is 10.5. The summed E-state index contributed by atoms with van der Waals surface area (Å²) < 4.78 is 48.4. The summed E-state index contributed by atoms with van der Waals surface area (Å²) in [5, 5.41) is 0.631. The van der Waals surface area contributed by atoms with Gasteiger partial charge in [0.15, 0.2) is 17.9 Å². The number of imidazole rings is 1. The average Bonchev–Trinajstić information content (AvgIpc) is 3.39. The minimum absolute atomic E-state index is 0.0898. The maximum atomic E-state index is 13.1. The van der Waals surface area contributed by atoms with Crippen molar-refractivity contribution in [2.24, 2.45) is 0 Å². The third-order valence-corrected chi connectivity index (χ3v) is 7.37. The highest BCUT2D eigenvalue weighted by Crippen LogP contribution is 2.39. The largest absolute Gasteiger partial charge is 0.463 e. The van der Waals surface area contributed by atoms with Gasteiger partial charge in [0.05, 0.1) is 4.90 Å². The van der Waals surface area contributed by atoms with Crippen LogP contribution in [0.2, 0.25) is 0 Å². The maximum absolute atomic E-state index is 13.1. The number of esters is 2. The molecule has 0 bridgehead atoms. The van der Waals surface area contributed by atoms with Crippen LogP contribution in [0.5, 0.6) is 0 Å². The molecule has 0 saturated carbocycles. The van der Waals surface area contributed by atoms with E-state index in [2.05, 4.69) is 19.9 Å². The lowest BCUT2D eigenvalue weighted by atomic mass is 10.1. The number of ether oxygens (including phenoxy) is 3. The summed E-state index contributed by atoms with van der Waals surface area (Å²) in [6.07, 6.45) is -1.55. The zero-order valence-electron chi connectivity index (χ0n) is 19.8. The van der Waals surface area contributed by atoms with Crippen LogP contribution < -0.4 is 0 Å². The zero-order valence-corrected chi connectivity index (χ0v) is 21.5. The molecule has 1 aliphatic rings. The first-order valence-electron chi connectivity index (χ1n) is 10.8. The van der Waals surface area contributed by atoms with Crippen LogP contribution in [0.4, 0.5) is 0 Å². The third kappa shape index (κ3) is 5.51. The number of carbonyl (C=O) groups is 2. The summed E-state index contributed by atoms with van der Waals surface area (Å²) in [5.74, 6) is -1.07. The molecule has 1 saturated heterocycles. The van der Waals surface area contributed by atoms with E-state index in [0.717, 1.165) is 5.56 Å². The van der Waals surface area contributed by atoms with Crippen molar-refractivity contribution >= 4 is 45.0 Å². The van der Waals surface area contributed by atoms with Crippen molar-refractivity contribution in [3.63, 3.8) is 0 Å². The summed E-state index contributed by atoms with van der Waals surface area (Å²) in [4.78, 5) is 39.3. The minimum Gasteiger partial charge on any atom is -0.463 e. The first-order valence-corrected chi connectivity index (χ1v) is 13.4. The van der Waals surface area contributed by atoms with E-state index in [-0.39, 0.29) is 17.3 Å². The number of nitrogens with one attached hydrogen (secondary N) is 1. The molecule has 12 nitrogen and oxygen atoms in total. The molecular weight excluding hydrogens is 512 g/mol. The molecule has 1 aromatic carbocycles. The lowest BCUT2D eigenvalue weighted by Crippen LogP contribution is -2.40. The summed E-state index contributed by atoms with van der Waals surface area (Å²) in [7, 11) is -4.31. The van der Waals surface area contributed by atoms with Crippen LogP contribution in [0.25, 0.3) is 11.2 Å². The first-order chi connectivity index (χ1) is 17.1. The van der Waals surface area contributed by atoms with E-state index in [1.165, 1.54) is 44.1 Å². The van der Waals surface area contributed by atoms with Crippen molar-refractivity contribution in [2.75, 3.05) is 12.9 Å². The molecule has 4 rings (SSSR count). The number of carbonyl (C=O) groups excluding carboxylic acids is 2. The topological polar surface area (TPSA) is 160 Å². The van der Waals surface area contributed by atoms with E-state index in [1.54, 1.807) is 12.1 Å². The Balaban J connectivity index is 1.74. The molecule has 1 fully saturated rings. The van der Waals surface area contributed by atoms with Gasteiger partial charge in [0, 0.05) is 13.8 Å². The second-order valence-electron chi connectivity index (χ2n) is 8.00. The van der Waals surface area contributed by atoms with Crippen LogP contribution in [0, 0.1) is 6.92 Å². The Labute approximate surface area is 211 Å². The normalized spacial score (nSPS) is 22.0. The van der Waals surface area contributed by atoms with Crippen molar-refractivity contribution in [2.45, 2.75) is 55.1 Å². The van der Waals surface area contributed by atoms with Crippen molar-refractivity contribution in [3.05, 3.63) is 42.0 Å². The second-order valence-corrected chi connectivity index (χ2v) is 10.4. The molecule has 3 aromatic rings. The van der Waals surface area contributed by atoms with Crippen molar-refractivity contribution in [3.8, 4) is 0 Å². The number of fused-ring (bicyclic) bond motifs is 1. The zero-order chi connectivity index (χ0) is 26.0. The number of aryl methyl sites for hydroxylation is 1. The Morgan fingerprint density at radius 1 is 1.11 bits per heavy atom. The monoisotopic (exact) mass is 536 g/mol. The van der Waals surface area contributed by atoms with Gasteiger partial charge in [0.2, 0.25) is 0 Å². The Hall–Kier alpha value is -3.07. The summed E-state index contributed by atoms with van der Waals surface area (Å²) in [6.45, 7) is 3.86. The van der Waals surface area contributed by atoms with Crippen LogP contribution in [0.1, 0.15) is 31.3 Å².